The molecule has 9 heterocycles. The maximum absolute atomic E-state index is 10.0. The number of rotatable bonds is 12. The second-order valence-electron chi connectivity index (χ2n) is 34.7. The average Bonchev–Trinajstić information content (AvgIpc) is 1.58. The number of aromatic nitrogens is 9. The van der Waals surface area contributed by atoms with Gasteiger partial charge in [0.05, 0.1) is 120 Å². The van der Waals surface area contributed by atoms with Crippen LogP contribution in [0.15, 0.2) is 474 Å². The molecule has 12 heteroatoms. The first kappa shape index (κ1) is 80.7. The van der Waals surface area contributed by atoms with E-state index in [9.17, 15) is 15.8 Å². The summed E-state index contributed by atoms with van der Waals surface area (Å²) in [5.41, 5.74) is 34.6. The third-order valence-corrected chi connectivity index (χ3v) is 27.1. The number of nitriles is 3. The van der Waals surface area contributed by atoms with Crippen molar-refractivity contribution in [3.05, 3.63) is 491 Å². The Morgan fingerprint density at radius 2 is 0.399 bits per heavy atom. The third kappa shape index (κ3) is 13.6. The molecule has 0 spiro atoms. The molecule has 0 aliphatic heterocycles. The lowest BCUT2D eigenvalue weighted by molar-refractivity contribution is 1.13. The van der Waals surface area contributed by atoms with E-state index in [1.165, 1.54) is 59.2 Å². The minimum atomic E-state index is 0.643. The zero-order chi connectivity index (χ0) is 91.8. The Balaban J connectivity index is 0.000000110. The molecule has 27 aromatic rings. The summed E-state index contributed by atoms with van der Waals surface area (Å²) in [5.74, 6) is 0. The SMILES string of the molecule is N#Cc1ccc(-c2ccccc2-c2cc(-n3c4ccccc4c4ccccc43)cc(-n3c4ccccc4c4ccncc43)c2)cc1.N#Cc1cccc(-c2ccccc2-c2cc(-n3c4ccccc4c4ccccc43)cc(-n3c4ccccc4c4ccncc43)c2)c1.N#Cc1ccccc1-c1ccccc1-c1cc(-n2c3ccccc3c3ccccc32)cc(-n2c3ccccc3c3ccncc32)c1. The minimum absolute atomic E-state index is 0.643. The van der Waals surface area contributed by atoms with Crippen molar-refractivity contribution in [3.8, 4) is 119 Å². The summed E-state index contributed by atoms with van der Waals surface area (Å²) in [7, 11) is 0. The van der Waals surface area contributed by atoms with Crippen molar-refractivity contribution in [1.29, 1.82) is 15.8 Å². The molecule has 642 valence electrons. The topological polar surface area (TPSA) is 140 Å². The number of para-hydroxylation sites is 9. The maximum atomic E-state index is 10.0. The molecule has 0 bridgehead atoms. The lowest BCUT2D eigenvalue weighted by Gasteiger charge is -2.17. The van der Waals surface area contributed by atoms with Crippen molar-refractivity contribution >= 4 is 131 Å². The van der Waals surface area contributed by atoms with Crippen LogP contribution < -0.4 is 0 Å². The molecular formula is C126H78N12. The lowest BCUT2D eigenvalue weighted by atomic mass is 9.91. The van der Waals surface area contributed by atoms with Crippen molar-refractivity contribution in [2.75, 3.05) is 0 Å². The fraction of sp³-hybridized carbons (Fsp3) is 0. The molecule has 138 heavy (non-hydrogen) atoms. The minimum Gasteiger partial charge on any atom is -0.309 e. The summed E-state index contributed by atoms with van der Waals surface area (Å²) < 4.78 is 14.1. The average molecular weight is 1760 g/mol. The molecular weight excluding hydrogens is 1680 g/mol. The normalized spacial score (nSPS) is 11.5. The molecule has 0 saturated carbocycles. The van der Waals surface area contributed by atoms with E-state index in [2.05, 4.69) is 425 Å². The number of pyridine rings is 3. The van der Waals surface area contributed by atoms with E-state index < -0.39 is 0 Å². The Morgan fingerprint density at radius 3 is 0.696 bits per heavy atom. The Kier molecular flexibility index (Phi) is 19.8. The van der Waals surface area contributed by atoms with Crippen LogP contribution in [0.5, 0.6) is 0 Å². The second-order valence-corrected chi connectivity index (χ2v) is 34.7. The fourth-order valence-corrected chi connectivity index (χ4v) is 21.2. The van der Waals surface area contributed by atoms with Crippen LogP contribution in [0.1, 0.15) is 16.7 Å². The van der Waals surface area contributed by atoms with Crippen LogP contribution in [-0.2, 0) is 0 Å². The molecule has 0 unspecified atom stereocenters. The molecule has 0 N–H and O–H groups in total. The highest BCUT2D eigenvalue weighted by Gasteiger charge is 2.25. The molecule has 27 rings (SSSR count). The van der Waals surface area contributed by atoms with Gasteiger partial charge in [0.25, 0.3) is 0 Å². The van der Waals surface area contributed by atoms with Gasteiger partial charge < -0.3 is 27.4 Å². The zero-order valence-electron chi connectivity index (χ0n) is 74.4. The van der Waals surface area contributed by atoms with E-state index in [1.54, 1.807) is 0 Å². The van der Waals surface area contributed by atoms with E-state index in [1.807, 2.05) is 110 Å². The number of fused-ring (bicyclic) bond motifs is 18. The highest BCUT2D eigenvalue weighted by molar-refractivity contribution is 6.15. The van der Waals surface area contributed by atoms with Crippen molar-refractivity contribution < 1.29 is 0 Å². The lowest BCUT2D eigenvalue weighted by Crippen LogP contribution is -2.00. The van der Waals surface area contributed by atoms with Crippen LogP contribution in [-0.4, -0.2) is 42.4 Å². The molecule has 0 aliphatic rings. The molecule has 0 amide bonds. The highest BCUT2D eigenvalue weighted by atomic mass is 15.0. The molecule has 0 saturated heterocycles. The van der Waals surface area contributed by atoms with Crippen molar-refractivity contribution in [3.63, 3.8) is 0 Å². The van der Waals surface area contributed by atoms with Gasteiger partial charge in [-0.05, 0) is 219 Å². The van der Waals surface area contributed by atoms with Gasteiger partial charge in [-0.15, -0.1) is 0 Å². The van der Waals surface area contributed by atoms with Gasteiger partial charge in [-0.3, -0.25) is 15.0 Å². The van der Waals surface area contributed by atoms with Crippen molar-refractivity contribution in [1.82, 2.24) is 42.4 Å². The van der Waals surface area contributed by atoms with Crippen LogP contribution in [0.25, 0.3) is 232 Å². The van der Waals surface area contributed by atoms with Crippen LogP contribution in [0.4, 0.5) is 0 Å². The molecule has 9 aromatic heterocycles. The molecule has 0 fully saturated rings. The van der Waals surface area contributed by atoms with Crippen LogP contribution in [0.3, 0.4) is 0 Å². The summed E-state index contributed by atoms with van der Waals surface area (Å²) >= 11 is 0. The summed E-state index contributed by atoms with van der Waals surface area (Å²) in [6.45, 7) is 0. The summed E-state index contributed by atoms with van der Waals surface area (Å²) in [6, 6.07) is 160. The van der Waals surface area contributed by atoms with Gasteiger partial charge in [0.1, 0.15) is 0 Å². The maximum Gasteiger partial charge on any atom is 0.0998 e. The summed E-state index contributed by atoms with van der Waals surface area (Å²) in [6.07, 6.45) is 11.5. The van der Waals surface area contributed by atoms with Gasteiger partial charge in [0, 0.05) is 123 Å². The summed E-state index contributed by atoms with van der Waals surface area (Å²) in [5, 5.41) is 43.5. The number of nitrogens with zero attached hydrogens (tertiary/aromatic N) is 12. The largest absolute Gasteiger partial charge is 0.309 e. The Hall–Kier alpha value is -19.3. The molecule has 0 aliphatic carbocycles. The summed E-state index contributed by atoms with van der Waals surface area (Å²) in [4.78, 5) is 13.6. The van der Waals surface area contributed by atoms with E-state index in [4.69, 9.17) is 0 Å². The Bertz CT molecular complexity index is 9040. The van der Waals surface area contributed by atoms with Gasteiger partial charge in [-0.25, -0.2) is 0 Å². The Labute approximate surface area is 793 Å². The van der Waals surface area contributed by atoms with E-state index >= 15 is 0 Å². The second kappa shape index (κ2) is 33.8. The monoisotopic (exact) mass is 1760 g/mol. The van der Waals surface area contributed by atoms with Gasteiger partial charge in [-0.2, -0.15) is 15.8 Å². The predicted octanol–water partition coefficient (Wildman–Crippen LogP) is 31.4. The van der Waals surface area contributed by atoms with Crippen LogP contribution in [0, 0.1) is 34.0 Å². The smallest absolute Gasteiger partial charge is 0.0998 e. The number of hydrogen-bond donors (Lipinski definition) is 0. The molecule has 12 nitrogen and oxygen atoms in total. The van der Waals surface area contributed by atoms with Gasteiger partial charge in [0.2, 0.25) is 0 Å². The van der Waals surface area contributed by atoms with Crippen LogP contribution in [0.2, 0.25) is 0 Å². The van der Waals surface area contributed by atoms with Gasteiger partial charge in [0.15, 0.2) is 0 Å². The van der Waals surface area contributed by atoms with Crippen molar-refractivity contribution in [2.45, 2.75) is 0 Å². The van der Waals surface area contributed by atoms with Gasteiger partial charge >= 0.3 is 0 Å². The van der Waals surface area contributed by atoms with Crippen LogP contribution >= 0.6 is 0 Å². The predicted molar refractivity (Wildman–Crippen MR) is 566 cm³/mol. The van der Waals surface area contributed by atoms with Crippen molar-refractivity contribution in [2.24, 2.45) is 0 Å². The molecule has 0 atom stereocenters. The van der Waals surface area contributed by atoms with E-state index in [0.29, 0.717) is 16.7 Å². The molecule has 0 radical (unpaired) electrons. The standard InChI is InChI=1S/3C42H26N4/c43-26-28-10-9-11-29(22-28)33-12-1-2-13-34(33)30-23-31(45-39-17-6-3-14-35(39)36-15-4-7-18-40(36)45)25-32(24-30)46-41-19-8-5-16-37(41)38-20-21-44-27-42(38)46;43-26-28-17-19-29(20-18-28)33-9-1-2-10-34(33)30-23-31(45-39-14-6-3-11-35(39)36-12-4-7-15-40(36)45)25-32(24-30)46-41-16-8-5-13-37(41)38-21-22-44-27-42(38)46;43-26-28-11-1-2-12-32(28)34-14-4-3-13-33(34)29-23-30(45-39-18-8-5-15-35(39)36-16-6-9-19-40(36)45)25-31(24-29)46-41-20-10-7-17-37(41)38-21-22-44-27-42(38)46/h3*1-25,27H. The quantitative estimate of drug-likeness (QED) is 0.119. The number of benzene rings is 18. The van der Waals surface area contributed by atoms with Gasteiger partial charge in [-0.1, -0.05) is 279 Å². The third-order valence-electron chi connectivity index (χ3n) is 27.1. The van der Waals surface area contributed by atoms with E-state index in [-0.39, 0.29) is 0 Å². The fourth-order valence-electron chi connectivity index (χ4n) is 21.2. The first-order valence-electron chi connectivity index (χ1n) is 46.1. The number of hydrogen-bond acceptors (Lipinski definition) is 6. The zero-order valence-corrected chi connectivity index (χ0v) is 74.4. The highest BCUT2D eigenvalue weighted by Crippen LogP contribution is 2.47. The molecule has 18 aromatic carbocycles. The Morgan fingerprint density at radius 1 is 0.159 bits per heavy atom. The first-order chi connectivity index (χ1) is 68.4. The first-order valence-corrected chi connectivity index (χ1v) is 46.1. The van der Waals surface area contributed by atoms with E-state index in [0.717, 1.165) is 172 Å².